The average molecular weight is 419 g/mol. The molecular weight excluding hydrogens is 399 g/mol. The fourth-order valence-electron chi connectivity index (χ4n) is 3.18. The van der Waals surface area contributed by atoms with Gasteiger partial charge in [-0.3, -0.25) is 4.79 Å². The summed E-state index contributed by atoms with van der Waals surface area (Å²) in [7, 11) is 0. The molecule has 0 saturated heterocycles. The van der Waals surface area contributed by atoms with Gasteiger partial charge in [0.2, 0.25) is 5.43 Å². The van der Waals surface area contributed by atoms with Gasteiger partial charge in [0.05, 0.1) is 16.9 Å². The Kier molecular flexibility index (Phi) is 6.41. The molecule has 0 aliphatic carbocycles. The molecule has 0 bridgehead atoms. The number of fused-ring (bicyclic) bond motifs is 1. The normalized spacial score (nSPS) is 11.1. The summed E-state index contributed by atoms with van der Waals surface area (Å²) >= 11 is 0. The van der Waals surface area contributed by atoms with Gasteiger partial charge >= 0.3 is 5.97 Å². The number of hydrogen-bond acceptors (Lipinski definition) is 4. The molecule has 0 spiro atoms. The second kappa shape index (κ2) is 9.00. The maximum Gasteiger partial charge on any atom is 0.341 e. The maximum atomic E-state index is 14.6. The second-order valence-corrected chi connectivity index (χ2v) is 6.77. The van der Waals surface area contributed by atoms with E-state index in [1.54, 1.807) is 0 Å². The summed E-state index contributed by atoms with van der Waals surface area (Å²) in [6.45, 7) is 1.01. The number of halogens is 3. The molecule has 2 aromatic carbocycles. The zero-order valence-corrected chi connectivity index (χ0v) is 15.9. The second-order valence-electron chi connectivity index (χ2n) is 6.77. The van der Waals surface area contributed by atoms with Crippen LogP contribution in [-0.4, -0.2) is 28.7 Å². The number of rotatable bonds is 8. The lowest BCUT2D eigenvalue weighted by atomic mass is 10.1. The Bertz CT molecular complexity index is 1160. The molecule has 0 amide bonds. The summed E-state index contributed by atoms with van der Waals surface area (Å²) in [5.41, 5.74) is 3.87. The van der Waals surface area contributed by atoms with Gasteiger partial charge in [0.15, 0.2) is 0 Å². The van der Waals surface area contributed by atoms with Crippen molar-refractivity contribution in [3.63, 3.8) is 0 Å². The highest BCUT2D eigenvalue weighted by atomic mass is 19.1. The number of anilines is 1. The highest BCUT2D eigenvalue weighted by Gasteiger charge is 2.19. The third-order valence-electron chi connectivity index (χ3n) is 4.69. The molecule has 3 rings (SSSR count). The lowest BCUT2D eigenvalue weighted by Crippen LogP contribution is -2.19. The minimum Gasteiger partial charge on any atom is -0.477 e. The van der Waals surface area contributed by atoms with Crippen LogP contribution in [0.4, 0.5) is 18.9 Å². The molecule has 0 saturated carbocycles. The van der Waals surface area contributed by atoms with Crippen LogP contribution in [-0.2, 0) is 0 Å². The van der Waals surface area contributed by atoms with Crippen molar-refractivity contribution >= 4 is 22.6 Å². The van der Waals surface area contributed by atoms with Gasteiger partial charge in [0.25, 0.3) is 0 Å². The van der Waals surface area contributed by atoms with Crippen LogP contribution < -0.4 is 16.5 Å². The number of hydrogen-bond donors (Lipinski definition) is 3. The molecule has 6 nitrogen and oxygen atoms in total. The van der Waals surface area contributed by atoms with Crippen LogP contribution in [0, 0.1) is 17.5 Å². The highest BCUT2D eigenvalue weighted by molar-refractivity contribution is 5.94. The summed E-state index contributed by atoms with van der Waals surface area (Å²) in [6, 6.07) is 4.99. The Balaban J connectivity index is 2.17. The fraction of sp³-hybridized carbons (Fsp3) is 0.238. The predicted molar refractivity (Wildman–Crippen MR) is 108 cm³/mol. The van der Waals surface area contributed by atoms with Crippen molar-refractivity contribution in [3.8, 4) is 5.69 Å². The van der Waals surface area contributed by atoms with Crippen molar-refractivity contribution in [3.05, 3.63) is 69.8 Å². The molecule has 0 aliphatic heterocycles. The van der Waals surface area contributed by atoms with E-state index in [1.807, 2.05) is 0 Å². The molecule has 3 aromatic rings. The number of nitrogens with zero attached hydrogens (tertiary/aromatic N) is 1. The van der Waals surface area contributed by atoms with Crippen LogP contribution in [0.2, 0.25) is 0 Å². The molecule has 1 heterocycles. The van der Waals surface area contributed by atoms with Crippen LogP contribution in [0.5, 0.6) is 0 Å². The standard InChI is InChI=1S/C21H20F3N3O3/c22-12-4-5-18(16(24)8-12)27-11-14(21(29)30)20(28)13-9-15(23)17(10-19(13)27)26-7-3-1-2-6-25/h4-5,8-11,26H,1-3,6-7,25H2,(H,29,30). The third kappa shape index (κ3) is 4.30. The number of benzene rings is 2. The van der Waals surface area contributed by atoms with Crippen LogP contribution in [0.1, 0.15) is 29.6 Å². The monoisotopic (exact) mass is 419 g/mol. The van der Waals surface area contributed by atoms with E-state index < -0.39 is 34.4 Å². The number of aromatic nitrogens is 1. The van der Waals surface area contributed by atoms with Gasteiger partial charge in [0, 0.05) is 24.2 Å². The molecule has 0 unspecified atom stereocenters. The molecule has 9 heteroatoms. The van der Waals surface area contributed by atoms with Crippen molar-refractivity contribution in [1.29, 1.82) is 0 Å². The number of aromatic carboxylic acids is 1. The zero-order valence-electron chi connectivity index (χ0n) is 15.9. The topological polar surface area (TPSA) is 97.3 Å². The van der Waals surface area contributed by atoms with E-state index in [9.17, 15) is 27.9 Å². The number of unbranched alkanes of at least 4 members (excludes halogenated alkanes) is 2. The molecular formula is C21H20F3N3O3. The van der Waals surface area contributed by atoms with E-state index >= 15 is 0 Å². The number of pyridine rings is 1. The number of carbonyl (C=O) groups is 1. The Morgan fingerprint density at radius 2 is 1.83 bits per heavy atom. The molecule has 30 heavy (non-hydrogen) atoms. The molecule has 0 aliphatic rings. The molecule has 0 fully saturated rings. The van der Waals surface area contributed by atoms with E-state index in [4.69, 9.17) is 5.73 Å². The fourth-order valence-corrected chi connectivity index (χ4v) is 3.18. The van der Waals surface area contributed by atoms with Gasteiger partial charge in [-0.2, -0.15) is 0 Å². The number of nitrogens with one attached hydrogen (secondary N) is 1. The van der Waals surface area contributed by atoms with Crippen molar-refractivity contribution < 1.29 is 23.1 Å². The van der Waals surface area contributed by atoms with Crippen LogP contribution in [0.25, 0.3) is 16.6 Å². The first kappa shape index (κ1) is 21.4. The summed E-state index contributed by atoms with van der Waals surface area (Å²) < 4.78 is 43.4. The number of carboxylic acid groups (broad SMARTS) is 1. The van der Waals surface area contributed by atoms with E-state index in [2.05, 4.69) is 5.32 Å². The summed E-state index contributed by atoms with van der Waals surface area (Å²) in [5.74, 6) is -4.06. The summed E-state index contributed by atoms with van der Waals surface area (Å²) in [6.07, 6.45) is 3.38. The van der Waals surface area contributed by atoms with E-state index in [1.165, 1.54) is 6.07 Å². The molecule has 1 aromatic heterocycles. The molecule has 158 valence electrons. The van der Waals surface area contributed by atoms with Gasteiger partial charge < -0.3 is 20.7 Å². The Hall–Kier alpha value is -3.33. The minimum absolute atomic E-state index is 0.0778. The van der Waals surface area contributed by atoms with Gasteiger partial charge in [-0.25, -0.2) is 18.0 Å². The summed E-state index contributed by atoms with van der Waals surface area (Å²) in [5, 5.41) is 12.0. The van der Waals surface area contributed by atoms with Gasteiger partial charge in [-0.05, 0) is 43.7 Å². The molecule has 0 atom stereocenters. The SMILES string of the molecule is NCCCCCNc1cc2c(cc1F)c(=O)c(C(=O)O)cn2-c1ccc(F)cc1F. The Labute approximate surface area is 169 Å². The quantitative estimate of drug-likeness (QED) is 0.485. The van der Waals surface area contributed by atoms with Crippen molar-refractivity contribution in [2.24, 2.45) is 5.73 Å². The van der Waals surface area contributed by atoms with Crippen LogP contribution in [0.3, 0.4) is 0 Å². The number of nitrogens with two attached hydrogens (primary N) is 1. The lowest BCUT2D eigenvalue weighted by molar-refractivity contribution is 0.0695. The van der Waals surface area contributed by atoms with Crippen molar-refractivity contribution in [2.45, 2.75) is 19.3 Å². The third-order valence-corrected chi connectivity index (χ3v) is 4.69. The van der Waals surface area contributed by atoms with Gasteiger partial charge in [0.1, 0.15) is 23.0 Å². The summed E-state index contributed by atoms with van der Waals surface area (Å²) in [4.78, 5) is 24.0. The minimum atomic E-state index is -1.54. The molecule has 0 radical (unpaired) electrons. The average Bonchev–Trinajstić information content (AvgIpc) is 2.69. The van der Waals surface area contributed by atoms with Crippen LogP contribution >= 0.6 is 0 Å². The number of carboxylic acids is 1. The van der Waals surface area contributed by atoms with Crippen molar-refractivity contribution in [2.75, 3.05) is 18.4 Å². The predicted octanol–water partition coefficient (Wildman–Crippen LogP) is 3.65. The molecule has 4 N–H and O–H groups in total. The van der Waals surface area contributed by atoms with Crippen molar-refractivity contribution in [1.82, 2.24) is 4.57 Å². The van der Waals surface area contributed by atoms with E-state index in [-0.39, 0.29) is 22.3 Å². The smallest absolute Gasteiger partial charge is 0.341 e. The Morgan fingerprint density at radius 3 is 2.50 bits per heavy atom. The zero-order chi connectivity index (χ0) is 21.8. The highest BCUT2D eigenvalue weighted by Crippen LogP contribution is 2.26. The maximum absolute atomic E-state index is 14.6. The first-order valence-corrected chi connectivity index (χ1v) is 9.35. The van der Waals surface area contributed by atoms with Gasteiger partial charge in [-0.15, -0.1) is 0 Å². The lowest BCUT2D eigenvalue weighted by Gasteiger charge is -2.15. The largest absolute Gasteiger partial charge is 0.477 e. The van der Waals surface area contributed by atoms with E-state index in [0.29, 0.717) is 19.2 Å². The first-order chi connectivity index (χ1) is 14.3. The first-order valence-electron chi connectivity index (χ1n) is 9.35. The van der Waals surface area contributed by atoms with Crippen LogP contribution in [0.15, 0.2) is 41.3 Å². The Morgan fingerprint density at radius 1 is 1.07 bits per heavy atom. The van der Waals surface area contributed by atoms with Gasteiger partial charge in [-0.1, -0.05) is 6.42 Å². The van der Waals surface area contributed by atoms with E-state index in [0.717, 1.165) is 48.2 Å².